The van der Waals surface area contributed by atoms with Crippen molar-refractivity contribution in [2.75, 3.05) is 19.6 Å². The first-order chi connectivity index (χ1) is 8.38. The van der Waals surface area contributed by atoms with E-state index in [9.17, 15) is 9.59 Å². The lowest BCUT2D eigenvalue weighted by molar-refractivity contribution is 0.146. The summed E-state index contributed by atoms with van der Waals surface area (Å²) in [5, 5.41) is 11.6. The van der Waals surface area contributed by atoms with Crippen LogP contribution in [0.3, 0.4) is 0 Å². The summed E-state index contributed by atoms with van der Waals surface area (Å²) in [5.41, 5.74) is 1.05. The van der Waals surface area contributed by atoms with Crippen LogP contribution >= 0.6 is 0 Å². The molecular weight excluding hydrogens is 232 g/mol. The molecule has 1 atom stereocenters. The third-order valence-electron chi connectivity index (χ3n) is 4.11. The molecule has 5 nitrogen and oxygen atoms in total. The number of nitrogens with zero attached hydrogens (tertiary/aromatic N) is 1. The van der Waals surface area contributed by atoms with Crippen molar-refractivity contribution < 1.29 is 14.7 Å². The van der Waals surface area contributed by atoms with E-state index in [1.54, 1.807) is 0 Å². The van der Waals surface area contributed by atoms with E-state index >= 15 is 0 Å². The highest BCUT2D eigenvalue weighted by atomic mass is 16.4. The van der Waals surface area contributed by atoms with Crippen LogP contribution in [0.2, 0.25) is 0 Å². The molecule has 1 aliphatic carbocycles. The number of likely N-dealkylation sites (tertiary alicyclic amines) is 1. The van der Waals surface area contributed by atoms with E-state index in [0.29, 0.717) is 25.3 Å². The molecule has 0 bridgehead atoms. The molecule has 1 saturated carbocycles. The zero-order valence-electron chi connectivity index (χ0n) is 11.0. The van der Waals surface area contributed by atoms with Gasteiger partial charge in [-0.15, -0.1) is 0 Å². The van der Waals surface area contributed by atoms with Gasteiger partial charge in [-0.1, -0.05) is 13.8 Å². The van der Waals surface area contributed by atoms with Crippen LogP contribution in [0.5, 0.6) is 0 Å². The monoisotopic (exact) mass is 252 g/mol. The molecule has 3 aliphatic rings. The summed E-state index contributed by atoms with van der Waals surface area (Å²) in [4.78, 5) is 22.4. The van der Waals surface area contributed by atoms with Crippen LogP contribution in [0.4, 0.5) is 4.79 Å². The predicted octanol–water partition coefficient (Wildman–Crippen LogP) is 1.48. The number of rotatable bonds is 0. The fourth-order valence-electron chi connectivity index (χ4n) is 2.21. The Balaban J connectivity index is 0.000000202. The molecule has 1 unspecified atom stereocenters. The molecule has 3 fully saturated rings. The Kier molecular flexibility index (Phi) is 3.11. The average molecular weight is 252 g/mol. The first-order valence-electron chi connectivity index (χ1n) is 6.36. The van der Waals surface area contributed by atoms with Crippen molar-refractivity contribution in [3.05, 3.63) is 5.70 Å². The number of carboxylic acid groups (broad SMARTS) is 1. The molecule has 18 heavy (non-hydrogen) atoms. The lowest BCUT2D eigenvalue weighted by Crippen LogP contribution is -2.53. The number of nitrogens with one attached hydrogen (secondary N) is 1. The fraction of sp³-hybridized carbons (Fsp3) is 0.769. The molecule has 0 aromatic carbocycles. The number of hydrogen-bond acceptors (Lipinski definition) is 3. The lowest BCUT2D eigenvalue weighted by atomic mass is 9.78. The summed E-state index contributed by atoms with van der Waals surface area (Å²) in [5.74, 6) is 1.83. The van der Waals surface area contributed by atoms with E-state index in [-0.39, 0.29) is 5.41 Å². The molecule has 1 amide bonds. The predicted molar refractivity (Wildman–Crippen MR) is 66.9 cm³/mol. The molecule has 0 aromatic rings. The van der Waals surface area contributed by atoms with Crippen LogP contribution < -0.4 is 5.32 Å². The quantitative estimate of drug-likeness (QED) is 0.641. The van der Waals surface area contributed by atoms with Crippen molar-refractivity contribution in [2.45, 2.75) is 33.1 Å². The summed E-state index contributed by atoms with van der Waals surface area (Å²) in [6.07, 6.45) is 2.73. The maximum absolute atomic E-state index is 10.6. The molecule has 5 heteroatoms. The van der Waals surface area contributed by atoms with E-state index in [0.717, 1.165) is 11.8 Å². The van der Waals surface area contributed by atoms with Gasteiger partial charge in [-0.2, -0.15) is 0 Å². The van der Waals surface area contributed by atoms with Gasteiger partial charge in [0.15, 0.2) is 0 Å². The normalized spacial score (nSPS) is 30.8. The smallest absolute Gasteiger partial charge is 0.407 e. The number of carbonyl (C=O) groups is 1. The van der Waals surface area contributed by atoms with Gasteiger partial charge in [-0.05, 0) is 24.7 Å². The zero-order chi connectivity index (χ0) is 13.4. The fourth-order valence-corrected chi connectivity index (χ4v) is 2.21. The van der Waals surface area contributed by atoms with Gasteiger partial charge < -0.3 is 15.3 Å². The van der Waals surface area contributed by atoms with Crippen LogP contribution in [0.15, 0.2) is 5.70 Å². The zero-order valence-corrected chi connectivity index (χ0v) is 11.0. The Morgan fingerprint density at radius 3 is 2.28 bits per heavy atom. The second kappa shape index (κ2) is 4.32. The first kappa shape index (κ1) is 13.0. The molecule has 2 aliphatic heterocycles. The maximum Gasteiger partial charge on any atom is 0.407 e. The Morgan fingerprint density at radius 2 is 2.00 bits per heavy atom. The average Bonchev–Trinajstić information content (AvgIpc) is 2.84. The Bertz CT molecular complexity index is 406. The van der Waals surface area contributed by atoms with Crippen LogP contribution in [0.25, 0.3) is 0 Å². The van der Waals surface area contributed by atoms with Crippen molar-refractivity contribution in [1.82, 2.24) is 10.2 Å². The summed E-state index contributed by atoms with van der Waals surface area (Å²) in [7, 11) is 0. The van der Waals surface area contributed by atoms with E-state index < -0.39 is 6.09 Å². The van der Waals surface area contributed by atoms with Crippen LogP contribution in [0, 0.1) is 10.8 Å². The number of amides is 1. The van der Waals surface area contributed by atoms with Crippen molar-refractivity contribution in [2.24, 2.45) is 10.8 Å². The number of hydrogen-bond donors (Lipinski definition) is 2. The van der Waals surface area contributed by atoms with Gasteiger partial charge in [0.05, 0.1) is 5.41 Å². The SMILES string of the molecule is CC1(C)CC1.O=C=C1NCC12CCN(C(=O)O)C2. The van der Waals surface area contributed by atoms with Gasteiger partial charge in [0.25, 0.3) is 0 Å². The van der Waals surface area contributed by atoms with Gasteiger partial charge >= 0.3 is 6.09 Å². The summed E-state index contributed by atoms with van der Waals surface area (Å²) >= 11 is 0. The van der Waals surface area contributed by atoms with Gasteiger partial charge in [0.2, 0.25) is 0 Å². The van der Waals surface area contributed by atoms with Crippen molar-refractivity contribution in [3.8, 4) is 0 Å². The largest absolute Gasteiger partial charge is 0.465 e. The minimum atomic E-state index is -0.908. The molecule has 0 radical (unpaired) electrons. The highest BCUT2D eigenvalue weighted by molar-refractivity contribution is 5.67. The molecule has 3 rings (SSSR count). The standard InChI is InChI=1S/C8H10N2O3.C5H10/c11-3-6-8(4-9-6)1-2-10(5-8)7(12)13;1-5(2)3-4-5/h9H,1-2,4-5H2,(H,12,13);3-4H2,1-2H3. The van der Waals surface area contributed by atoms with E-state index in [1.807, 2.05) is 5.94 Å². The first-order valence-corrected chi connectivity index (χ1v) is 6.36. The topological polar surface area (TPSA) is 69.6 Å². The third-order valence-corrected chi connectivity index (χ3v) is 4.11. The minimum Gasteiger partial charge on any atom is -0.465 e. The van der Waals surface area contributed by atoms with Crippen molar-refractivity contribution in [1.29, 1.82) is 0 Å². The van der Waals surface area contributed by atoms with Crippen molar-refractivity contribution in [3.63, 3.8) is 0 Å². The van der Waals surface area contributed by atoms with E-state index in [4.69, 9.17) is 5.11 Å². The Morgan fingerprint density at radius 1 is 1.39 bits per heavy atom. The van der Waals surface area contributed by atoms with E-state index in [1.165, 1.54) is 17.7 Å². The van der Waals surface area contributed by atoms with Crippen LogP contribution in [-0.4, -0.2) is 41.7 Å². The summed E-state index contributed by atoms with van der Waals surface area (Å²) in [6.45, 7) is 6.24. The lowest BCUT2D eigenvalue weighted by Gasteiger charge is -2.39. The van der Waals surface area contributed by atoms with Crippen LogP contribution in [0.1, 0.15) is 33.1 Å². The molecule has 2 heterocycles. The second-order valence-corrected chi connectivity index (χ2v) is 6.23. The summed E-state index contributed by atoms with van der Waals surface area (Å²) < 4.78 is 0. The molecular formula is C13H20N2O3. The molecule has 2 N–H and O–H groups in total. The Labute approximate surface area is 107 Å². The molecule has 100 valence electrons. The maximum atomic E-state index is 10.6. The van der Waals surface area contributed by atoms with Crippen molar-refractivity contribution >= 4 is 12.0 Å². The van der Waals surface area contributed by atoms with Gasteiger partial charge in [0, 0.05) is 19.6 Å². The molecule has 1 spiro atoms. The Hall–Kier alpha value is -1.48. The molecule has 2 saturated heterocycles. The van der Waals surface area contributed by atoms with Gasteiger partial charge in [-0.3, -0.25) is 0 Å². The van der Waals surface area contributed by atoms with Gasteiger partial charge in [-0.25, -0.2) is 9.59 Å². The third kappa shape index (κ3) is 2.51. The van der Waals surface area contributed by atoms with Gasteiger partial charge in [0.1, 0.15) is 11.6 Å². The van der Waals surface area contributed by atoms with E-state index in [2.05, 4.69) is 19.2 Å². The minimum absolute atomic E-state index is 0.236. The highest BCUT2D eigenvalue weighted by Gasteiger charge is 2.49. The second-order valence-electron chi connectivity index (χ2n) is 6.23. The highest BCUT2D eigenvalue weighted by Crippen LogP contribution is 2.43. The number of carbonyl (C=O) groups excluding carboxylic acids is 1. The molecule has 0 aromatic heterocycles. The van der Waals surface area contributed by atoms with Crippen LogP contribution in [-0.2, 0) is 4.79 Å². The summed E-state index contributed by atoms with van der Waals surface area (Å²) in [6, 6.07) is 0.